The highest BCUT2D eigenvalue weighted by molar-refractivity contribution is 5.92. The Morgan fingerprint density at radius 1 is 1.30 bits per heavy atom. The van der Waals surface area contributed by atoms with Crippen molar-refractivity contribution in [3.8, 4) is 11.5 Å². The van der Waals surface area contributed by atoms with Gasteiger partial charge in [0.05, 0.1) is 19.2 Å². The molecule has 0 saturated heterocycles. The summed E-state index contributed by atoms with van der Waals surface area (Å²) >= 11 is 0. The van der Waals surface area contributed by atoms with Gasteiger partial charge in [0.25, 0.3) is 0 Å². The zero-order chi connectivity index (χ0) is 14.5. The van der Waals surface area contributed by atoms with Crippen molar-refractivity contribution in [3.05, 3.63) is 53.8 Å². The number of carbonyl (C=O) groups is 1. The van der Waals surface area contributed by atoms with Crippen molar-refractivity contribution in [3.63, 3.8) is 0 Å². The van der Waals surface area contributed by atoms with Gasteiger partial charge in [-0.3, -0.25) is 4.79 Å². The van der Waals surface area contributed by atoms with Crippen LogP contribution in [0.5, 0.6) is 11.5 Å². The van der Waals surface area contributed by atoms with E-state index in [-0.39, 0.29) is 23.8 Å². The quantitative estimate of drug-likeness (QED) is 0.843. The molecule has 2 N–H and O–H groups in total. The molecule has 0 aliphatic carbocycles. The molecule has 0 fully saturated rings. The number of phenols is 1. The zero-order valence-corrected chi connectivity index (χ0v) is 10.9. The molecular formula is C15H14FNO3. The van der Waals surface area contributed by atoms with Crippen LogP contribution in [-0.2, 0) is 11.2 Å². The van der Waals surface area contributed by atoms with E-state index in [0.717, 1.165) is 11.6 Å². The Balaban J connectivity index is 2.05. The van der Waals surface area contributed by atoms with Crippen molar-refractivity contribution < 1.29 is 19.0 Å². The Morgan fingerprint density at radius 3 is 2.80 bits per heavy atom. The molecule has 0 spiro atoms. The summed E-state index contributed by atoms with van der Waals surface area (Å²) < 4.78 is 18.5. The lowest BCUT2D eigenvalue weighted by Gasteiger charge is -2.07. The molecule has 2 rings (SSSR count). The van der Waals surface area contributed by atoms with E-state index in [2.05, 4.69) is 5.32 Å². The molecule has 0 saturated carbocycles. The van der Waals surface area contributed by atoms with Crippen LogP contribution in [0.1, 0.15) is 5.56 Å². The van der Waals surface area contributed by atoms with Gasteiger partial charge >= 0.3 is 0 Å². The smallest absolute Gasteiger partial charge is 0.228 e. The second-order valence-corrected chi connectivity index (χ2v) is 4.24. The molecule has 4 nitrogen and oxygen atoms in total. The molecule has 2 aromatic rings. The van der Waals surface area contributed by atoms with E-state index < -0.39 is 5.82 Å². The van der Waals surface area contributed by atoms with E-state index in [1.165, 1.54) is 12.1 Å². The average molecular weight is 275 g/mol. The Labute approximate surface area is 115 Å². The molecular weight excluding hydrogens is 261 g/mol. The highest BCUT2D eigenvalue weighted by Crippen LogP contribution is 2.20. The predicted octanol–water partition coefficient (Wildman–Crippen LogP) is 2.72. The van der Waals surface area contributed by atoms with Gasteiger partial charge in [0.1, 0.15) is 17.3 Å². The monoisotopic (exact) mass is 275 g/mol. The van der Waals surface area contributed by atoms with Crippen LogP contribution in [0.2, 0.25) is 0 Å². The molecule has 0 radical (unpaired) electrons. The van der Waals surface area contributed by atoms with Gasteiger partial charge in [0.2, 0.25) is 5.91 Å². The Hall–Kier alpha value is -2.56. The Bertz CT molecular complexity index is 628. The molecule has 20 heavy (non-hydrogen) atoms. The molecule has 2 aromatic carbocycles. The highest BCUT2D eigenvalue weighted by Gasteiger charge is 2.09. The minimum Gasteiger partial charge on any atom is -0.508 e. The maximum atomic E-state index is 13.5. The third-order valence-corrected chi connectivity index (χ3v) is 2.73. The van der Waals surface area contributed by atoms with Crippen molar-refractivity contribution in [1.29, 1.82) is 0 Å². The lowest BCUT2D eigenvalue weighted by atomic mass is 10.1. The normalized spacial score (nSPS) is 10.1. The molecule has 5 heteroatoms. The maximum absolute atomic E-state index is 13.5. The van der Waals surface area contributed by atoms with Crippen molar-refractivity contribution in [2.75, 3.05) is 12.4 Å². The zero-order valence-electron chi connectivity index (χ0n) is 10.9. The van der Waals surface area contributed by atoms with E-state index in [0.29, 0.717) is 5.75 Å². The van der Waals surface area contributed by atoms with Crippen LogP contribution in [-0.4, -0.2) is 18.1 Å². The number of ether oxygens (including phenoxy) is 1. The first kappa shape index (κ1) is 13.9. The van der Waals surface area contributed by atoms with Gasteiger partial charge in [-0.1, -0.05) is 12.1 Å². The van der Waals surface area contributed by atoms with Gasteiger partial charge in [0, 0.05) is 6.07 Å². The van der Waals surface area contributed by atoms with E-state index in [9.17, 15) is 9.18 Å². The number of halogens is 1. The van der Waals surface area contributed by atoms with Crippen LogP contribution in [0, 0.1) is 5.82 Å². The van der Waals surface area contributed by atoms with Crippen molar-refractivity contribution in [2.24, 2.45) is 0 Å². The topological polar surface area (TPSA) is 58.6 Å². The van der Waals surface area contributed by atoms with Crippen LogP contribution in [0.4, 0.5) is 10.1 Å². The van der Waals surface area contributed by atoms with E-state index >= 15 is 0 Å². The number of anilines is 1. The van der Waals surface area contributed by atoms with Gasteiger partial charge < -0.3 is 15.2 Å². The van der Waals surface area contributed by atoms with Gasteiger partial charge in [-0.15, -0.1) is 0 Å². The Kier molecular flexibility index (Phi) is 4.20. The standard InChI is InChI=1S/C15H14FNO3/c1-20-12-4-2-3-10(7-12)8-15(19)17-14-6-5-11(18)9-13(14)16/h2-7,9,18H,8H2,1H3,(H,17,19). The number of amides is 1. The number of hydrogen-bond acceptors (Lipinski definition) is 3. The van der Waals surface area contributed by atoms with Crippen LogP contribution < -0.4 is 10.1 Å². The summed E-state index contributed by atoms with van der Waals surface area (Å²) in [5.74, 6) is -0.550. The number of rotatable bonds is 4. The van der Waals surface area contributed by atoms with Crippen molar-refractivity contribution in [1.82, 2.24) is 0 Å². The second kappa shape index (κ2) is 6.06. The largest absolute Gasteiger partial charge is 0.508 e. The number of benzene rings is 2. The molecule has 0 aliphatic heterocycles. The van der Waals surface area contributed by atoms with Gasteiger partial charge in [0.15, 0.2) is 0 Å². The summed E-state index contributed by atoms with van der Waals surface area (Å²) in [7, 11) is 1.55. The third kappa shape index (κ3) is 3.47. The third-order valence-electron chi connectivity index (χ3n) is 2.73. The fourth-order valence-corrected chi connectivity index (χ4v) is 1.77. The maximum Gasteiger partial charge on any atom is 0.228 e. The van der Waals surface area contributed by atoms with E-state index in [4.69, 9.17) is 9.84 Å². The van der Waals surface area contributed by atoms with Crippen LogP contribution in [0.25, 0.3) is 0 Å². The number of methoxy groups -OCH3 is 1. The van der Waals surface area contributed by atoms with Gasteiger partial charge in [-0.05, 0) is 29.8 Å². The summed E-state index contributed by atoms with van der Waals surface area (Å²) in [4.78, 5) is 11.8. The molecule has 0 atom stereocenters. The van der Waals surface area contributed by atoms with Gasteiger partial charge in [-0.25, -0.2) is 4.39 Å². The molecule has 0 aromatic heterocycles. The van der Waals surface area contributed by atoms with E-state index in [1.54, 1.807) is 31.4 Å². The lowest BCUT2D eigenvalue weighted by molar-refractivity contribution is -0.115. The van der Waals surface area contributed by atoms with Crippen LogP contribution in [0.15, 0.2) is 42.5 Å². The number of phenolic OH excluding ortho intramolecular Hbond substituents is 1. The molecule has 0 unspecified atom stereocenters. The highest BCUT2D eigenvalue weighted by atomic mass is 19.1. The number of nitrogens with one attached hydrogen (secondary N) is 1. The minimum absolute atomic E-state index is 0.0377. The summed E-state index contributed by atoms with van der Waals surface area (Å²) in [5, 5.41) is 11.6. The first-order valence-corrected chi connectivity index (χ1v) is 6.00. The Morgan fingerprint density at radius 2 is 2.10 bits per heavy atom. The fourth-order valence-electron chi connectivity index (χ4n) is 1.77. The second-order valence-electron chi connectivity index (χ2n) is 4.24. The molecule has 0 aliphatic rings. The molecule has 1 amide bonds. The van der Waals surface area contributed by atoms with Crippen LogP contribution in [0.3, 0.4) is 0 Å². The summed E-state index contributed by atoms with van der Waals surface area (Å²) in [5.41, 5.74) is 0.803. The number of carbonyl (C=O) groups excluding carboxylic acids is 1. The summed E-state index contributed by atoms with van der Waals surface area (Å²) in [6.07, 6.45) is 0.109. The lowest BCUT2D eigenvalue weighted by Crippen LogP contribution is -2.15. The number of hydrogen-bond donors (Lipinski definition) is 2. The van der Waals surface area contributed by atoms with Gasteiger partial charge in [-0.2, -0.15) is 0 Å². The van der Waals surface area contributed by atoms with Crippen molar-refractivity contribution >= 4 is 11.6 Å². The fraction of sp³-hybridized carbons (Fsp3) is 0.133. The summed E-state index contributed by atoms with van der Waals surface area (Å²) in [6, 6.07) is 10.7. The number of aromatic hydroxyl groups is 1. The first-order valence-electron chi connectivity index (χ1n) is 6.00. The molecule has 0 heterocycles. The molecule has 0 bridgehead atoms. The first-order chi connectivity index (χ1) is 9.58. The average Bonchev–Trinajstić information content (AvgIpc) is 2.42. The van der Waals surface area contributed by atoms with E-state index in [1.807, 2.05) is 0 Å². The van der Waals surface area contributed by atoms with Crippen LogP contribution >= 0.6 is 0 Å². The minimum atomic E-state index is -0.677. The van der Waals surface area contributed by atoms with Crippen molar-refractivity contribution in [2.45, 2.75) is 6.42 Å². The SMILES string of the molecule is COc1cccc(CC(=O)Nc2ccc(O)cc2F)c1. The summed E-state index contributed by atoms with van der Waals surface area (Å²) in [6.45, 7) is 0. The predicted molar refractivity (Wildman–Crippen MR) is 73.4 cm³/mol. The molecule has 104 valence electrons.